The van der Waals surface area contributed by atoms with Crippen LogP contribution >= 0.6 is 11.6 Å². The number of amides is 1. The van der Waals surface area contributed by atoms with Gasteiger partial charge in [0.05, 0.1) is 10.6 Å². The Morgan fingerprint density at radius 1 is 1.59 bits per heavy atom. The van der Waals surface area contributed by atoms with Crippen molar-refractivity contribution in [3.05, 3.63) is 28.8 Å². The largest absolute Gasteiger partial charge is 0.508 e. The first-order valence-corrected chi connectivity index (χ1v) is 5.94. The van der Waals surface area contributed by atoms with Crippen LogP contribution < -0.4 is 5.32 Å². The van der Waals surface area contributed by atoms with Crippen molar-refractivity contribution in [3.8, 4) is 5.75 Å². The molecule has 1 atom stereocenters. The third-order valence-electron chi connectivity index (χ3n) is 3.06. The Balaban J connectivity index is 2.17. The Bertz CT molecular complexity index is 437. The molecule has 2 N–H and O–H groups in total. The maximum absolute atomic E-state index is 12.2. The van der Waals surface area contributed by atoms with Crippen LogP contribution in [0.15, 0.2) is 18.2 Å². The van der Waals surface area contributed by atoms with Gasteiger partial charge in [0, 0.05) is 19.1 Å². The number of phenolic OH excluding ortho intramolecular Hbond substituents is 1. The molecule has 5 heteroatoms. The molecule has 4 nitrogen and oxygen atoms in total. The summed E-state index contributed by atoms with van der Waals surface area (Å²) in [5.74, 6) is -0.0641. The number of nitrogens with zero attached hydrogens (tertiary/aromatic N) is 1. The monoisotopic (exact) mass is 254 g/mol. The topological polar surface area (TPSA) is 52.6 Å². The predicted molar refractivity (Wildman–Crippen MR) is 66.5 cm³/mol. The zero-order valence-corrected chi connectivity index (χ0v) is 10.4. The van der Waals surface area contributed by atoms with Crippen molar-refractivity contribution >= 4 is 17.5 Å². The fourth-order valence-corrected chi connectivity index (χ4v) is 2.23. The number of likely N-dealkylation sites (N-methyl/N-ethyl adjacent to an activating group) is 1. The standard InChI is InChI=1S/C12H15ClN2O2/c1-14-8-4-5-15(7-8)12(17)10-6-9(16)2-3-11(10)13/h2-3,6,8,14,16H,4-5,7H2,1H3. The van der Waals surface area contributed by atoms with Gasteiger partial charge in [-0.15, -0.1) is 0 Å². The highest BCUT2D eigenvalue weighted by Crippen LogP contribution is 2.24. The number of rotatable bonds is 2. The second-order valence-corrected chi connectivity index (χ2v) is 4.60. The lowest BCUT2D eigenvalue weighted by Crippen LogP contribution is -2.33. The zero-order valence-electron chi connectivity index (χ0n) is 9.61. The second-order valence-electron chi connectivity index (χ2n) is 4.19. The lowest BCUT2D eigenvalue weighted by molar-refractivity contribution is 0.0789. The van der Waals surface area contributed by atoms with Crippen molar-refractivity contribution in [2.45, 2.75) is 12.5 Å². The maximum Gasteiger partial charge on any atom is 0.255 e. The highest BCUT2D eigenvalue weighted by atomic mass is 35.5. The van der Waals surface area contributed by atoms with Gasteiger partial charge in [-0.2, -0.15) is 0 Å². The Kier molecular flexibility index (Phi) is 3.54. The number of carbonyl (C=O) groups is 1. The minimum Gasteiger partial charge on any atom is -0.508 e. The van der Waals surface area contributed by atoms with Gasteiger partial charge < -0.3 is 15.3 Å². The quantitative estimate of drug-likeness (QED) is 0.841. The maximum atomic E-state index is 12.2. The molecule has 0 spiro atoms. The molecule has 0 aliphatic carbocycles. The van der Waals surface area contributed by atoms with E-state index in [1.54, 1.807) is 4.90 Å². The fraction of sp³-hybridized carbons (Fsp3) is 0.417. The predicted octanol–water partition coefficient (Wildman–Crippen LogP) is 1.48. The molecule has 1 heterocycles. The molecule has 1 aliphatic rings. The summed E-state index contributed by atoms with van der Waals surface area (Å²) in [6.45, 7) is 1.40. The lowest BCUT2D eigenvalue weighted by atomic mass is 10.2. The Labute approximate surface area is 105 Å². The van der Waals surface area contributed by atoms with Crippen LogP contribution in [0.5, 0.6) is 5.75 Å². The molecule has 1 aliphatic heterocycles. The van der Waals surface area contributed by atoms with Crippen molar-refractivity contribution in [1.29, 1.82) is 0 Å². The molecule has 17 heavy (non-hydrogen) atoms. The summed E-state index contributed by atoms with van der Waals surface area (Å²) in [4.78, 5) is 13.9. The molecule has 0 bridgehead atoms. The van der Waals surface area contributed by atoms with Gasteiger partial charge in [0.2, 0.25) is 0 Å². The van der Waals surface area contributed by atoms with E-state index in [9.17, 15) is 9.90 Å². The van der Waals surface area contributed by atoms with Gasteiger partial charge in [-0.25, -0.2) is 0 Å². The third-order valence-corrected chi connectivity index (χ3v) is 3.39. The molecule has 1 amide bonds. The van der Waals surface area contributed by atoms with Crippen LogP contribution in [0.25, 0.3) is 0 Å². The van der Waals surface area contributed by atoms with Crippen LogP contribution in [0.2, 0.25) is 5.02 Å². The van der Waals surface area contributed by atoms with Crippen LogP contribution in [-0.4, -0.2) is 42.1 Å². The normalized spacial score (nSPS) is 19.6. The van der Waals surface area contributed by atoms with Gasteiger partial charge in [0.25, 0.3) is 5.91 Å². The fourth-order valence-electron chi connectivity index (χ4n) is 2.03. The summed E-state index contributed by atoms with van der Waals surface area (Å²) in [6, 6.07) is 4.77. The summed E-state index contributed by atoms with van der Waals surface area (Å²) in [6.07, 6.45) is 0.943. The van der Waals surface area contributed by atoms with E-state index < -0.39 is 0 Å². The van der Waals surface area contributed by atoms with E-state index in [0.717, 1.165) is 13.0 Å². The number of likely N-dealkylation sites (tertiary alicyclic amines) is 1. The molecule has 0 aromatic heterocycles. The van der Waals surface area contributed by atoms with Gasteiger partial charge in [0.15, 0.2) is 0 Å². The van der Waals surface area contributed by atoms with E-state index in [2.05, 4.69) is 5.32 Å². The van der Waals surface area contributed by atoms with Crippen LogP contribution in [0.3, 0.4) is 0 Å². The molecular weight excluding hydrogens is 240 g/mol. The summed E-state index contributed by atoms with van der Waals surface area (Å²) < 4.78 is 0. The lowest BCUT2D eigenvalue weighted by Gasteiger charge is -2.17. The number of carbonyl (C=O) groups excluding carboxylic acids is 1. The minimum absolute atomic E-state index is 0.0575. The average Bonchev–Trinajstić information content (AvgIpc) is 2.80. The van der Waals surface area contributed by atoms with Crippen LogP contribution in [0.1, 0.15) is 16.8 Å². The van der Waals surface area contributed by atoms with E-state index in [1.807, 2.05) is 7.05 Å². The van der Waals surface area contributed by atoms with Crippen molar-refractivity contribution in [2.24, 2.45) is 0 Å². The highest BCUT2D eigenvalue weighted by Gasteiger charge is 2.27. The first-order valence-electron chi connectivity index (χ1n) is 5.57. The van der Waals surface area contributed by atoms with Gasteiger partial charge in [-0.1, -0.05) is 11.6 Å². The van der Waals surface area contributed by atoms with Gasteiger partial charge in [-0.05, 0) is 31.7 Å². The van der Waals surface area contributed by atoms with Crippen molar-refractivity contribution in [1.82, 2.24) is 10.2 Å². The molecule has 1 unspecified atom stereocenters. The number of hydrogen-bond acceptors (Lipinski definition) is 3. The number of phenols is 1. The number of aromatic hydroxyl groups is 1. The molecule has 1 saturated heterocycles. The first-order chi connectivity index (χ1) is 8.11. The van der Waals surface area contributed by atoms with Crippen molar-refractivity contribution in [3.63, 3.8) is 0 Å². The smallest absolute Gasteiger partial charge is 0.255 e. The summed E-state index contributed by atoms with van der Waals surface area (Å²) in [5, 5.41) is 12.9. The summed E-state index contributed by atoms with van der Waals surface area (Å²) in [7, 11) is 1.89. The van der Waals surface area contributed by atoms with E-state index in [-0.39, 0.29) is 11.7 Å². The molecule has 0 radical (unpaired) electrons. The van der Waals surface area contributed by atoms with E-state index in [0.29, 0.717) is 23.2 Å². The van der Waals surface area contributed by atoms with Crippen LogP contribution in [0.4, 0.5) is 0 Å². The zero-order chi connectivity index (χ0) is 12.4. The molecule has 1 aromatic rings. The Hall–Kier alpha value is -1.26. The van der Waals surface area contributed by atoms with Gasteiger partial charge in [0.1, 0.15) is 5.75 Å². The van der Waals surface area contributed by atoms with E-state index in [4.69, 9.17) is 11.6 Å². The number of nitrogens with one attached hydrogen (secondary N) is 1. The molecule has 0 saturated carbocycles. The van der Waals surface area contributed by atoms with E-state index >= 15 is 0 Å². The number of hydrogen-bond donors (Lipinski definition) is 2. The number of benzene rings is 1. The van der Waals surface area contributed by atoms with Crippen LogP contribution in [0, 0.1) is 0 Å². The van der Waals surface area contributed by atoms with Crippen molar-refractivity contribution in [2.75, 3.05) is 20.1 Å². The Morgan fingerprint density at radius 3 is 3.00 bits per heavy atom. The van der Waals surface area contributed by atoms with Gasteiger partial charge >= 0.3 is 0 Å². The van der Waals surface area contributed by atoms with Gasteiger partial charge in [-0.3, -0.25) is 4.79 Å². The second kappa shape index (κ2) is 4.94. The molecule has 92 valence electrons. The van der Waals surface area contributed by atoms with Crippen molar-refractivity contribution < 1.29 is 9.90 Å². The third kappa shape index (κ3) is 2.53. The highest BCUT2D eigenvalue weighted by molar-refractivity contribution is 6.33. The minimum atomic E-state index is -0.122. The average molecular weight is 255 g/mol. The summed E-state index contributed by atoms with van der Waals surface area (Å²) >= 11 is 5.97. The number of halogens is 1. The molecular formula is C12H15ClN2O2. The summed E-state index contributed by atoms with van der Waals surface area (Å²) in [5.41, 5.74) is 0.364. The van der Waals surface area contributed by atoms with Crippen LogP contribution in [-0.2, 0) is 0 Å². The first kappa shape index (κ1) is 12.2. The SMILES string of the molecule is CNC1CCN(C(=O)c2cc(O)ccc2Cl)C1. The molecule has 1 aromatic carbocycles. The Morgan fingerprint density at radius 2 is 2.35 bits per heavy atom. The van der Waals surface area contributed by atoms with E-state index in [1.165, 1.54) is 18.2 Å². The molecule has 1 fully saturated rings. The molecule has 2 rings (SSSR count).